The van der Waals surface area contributed by atoms with E-state index in [2.05, 4.69) is 84.7 Å². The predicted molar refractivity (Wildman–Crippen MR) is 97.3 cm³/mol. The van der Waals surface area contributed by atoms with Gasteiger partial charge in [-0.15, -0.1) is 0 Å². The van der Waals surface area contributed by atoms with Crippen molar-refractivity contribution in [2.75, 3.05) is 13.1 Å². The highest BCUT2D eigenvalue weighted by molar-refractivity contribution is 5.21. The van der Waals surface area contributed by atoms with Crippen molar-refractivity contribution in [1.82, 2.24) is 10.2 Å². The van der Waals surface area contributed by atoms with Gasteiger partial charge in [0.1, 0.15) is 0 Å². The molecule has 1 saturated heterocycles. The SMILES string of the molecule is CC(C)CC1CN(Cc2ccccc2)CC(c2ccccc2)N1. The average molecular weight is 308 g/mol. The summed E-state index contributed by atoms with van der Waals surface area (Å²) in [7, 11) is 0. The number of hydrogen-bond donors (Lipinski definition) is 1. The molecular weight excluding hydrogens is 280 g/mol. The minimum atomic E-state index is 0.428. The zero-order chi connectivity index (χ0) is 16.1. The van der Waals surface area contributed by atoms with Crippen molar-refractivity contribution in [1.29, 1.82) is 0 Å². The zero-order valence-corrected chi connectivity index (χ0v) is 14.3. The second-order valence-corrected chi connectivity index (χ2v) is 7.14. The molecule has 0 radical (unpaired) electrons. The third-order valence-electron chi connectivity index (χ3n) is 4.56. The quantitative estimate of drug-likeness (QED) is 0.888. The van der Waals surface area contributed by atoms with Crippen LogP contribution in [0.2, 0.25) is 0 Å². The summed E-state index contributed by atoms with van der Waals surface area (Å²) in [5, 5.41) is 3.88. The summed E-state index contributed by atoms with van der Waals surface area (Å²) in [6.07, 6.45) is 1.23. The highest BCUT2D eigenvalue weighted by Crippen LogP contribution is 2.23. The Morgan fingerprint density at radius 3 is 2.26 bits per heavy atom. The van der Waals surface area contributed by atoms with E-state index < -0.39 is 0 Å². The third-order valence-corrected chi connectivity index (χ3v) is 4.56. The monoisotopic (exact) mass is 308 g/mol. The average Bonchev–Trinajstić information content (AvgIpc) is 2.56. The standard InChI is InChI=1S/C21H28N2/c1-17(2)13-20-15-23(14-18-9-5-3-6-10-18)16-21(22-20)19-11-7-4-8-12-19/h3-12,17,20-22H,13-16H2,1-2H3. The maximum absolute atomic E-state index is 3.88. The van der Waals surface area contributed by atoms with Gasteiger partial charge in [0.15, 0.2) is 0 Å². The summed E-state index contributed by atoms with van der Waals surface area (Å²) in [5.41, 5.74) is 2.81. The van der Waals surface area contributed by atoms with E-state index in [-0.39, 0.29) is 0 Å². The van der Waals surface area contributed by atoms with Crippen molar-refractivity contribution in [3.8, 4) is 0 Å². The van der Waals surface area contributed by atoms with E-state index in [1.54, 1.807) is 0 Å². The lowest BCUT2D eigenvalue weighted by atomic mass is 9.96. The zero-order valence-electron chi connectivity index (χ0n) is 14.3. The highest BCUT2D eigenvalue weighted by atomic mass is 15.2. The van der Waals surface area contributed by atoms with Crippen LogP contribution in [0.15, 0.2) is 60.7 Å². The van der Waals surface area contributed by atoms with Crippen LogP contribution in [-0.4, -0.2) is 24.0 Å². The maximum Gasteiger partial charge on any atom is 0.0452 e. The number of nitrogens with one attached hydrogen (secondary N) is 1. The molecule has 0 aromatic heterocycles. The first-order valence-electron chi connectivity index (χ1n) is 8.78. The molecule has 122 valence electrons. The van der Waals surface area contributed by atoms with Crippen LogP contribution in [0.3, 0.4) is 0 Å². The van der Waals surface area contributed by atoms with Gasteiger partial charge >= 0.3 is 0 Å². The van der Waals surface area contributed by atoms with E-state index in [0.29, 0.717) is 12.1 Å². The lowest BCUT2D eigenvalue weighted by Crippen LogP contribution is -2.52. The van der Waals surface area contributed by atoms with Crippen molar-refractivity contribution in [2.24, 2.45) is 5.92 Å². The number of piperazine rings is 1. The van der Waals surface area contributed by atoms with Gasteiger partial charge in [-0.2, -0.15) is 0 Å². The summed E-state index contributed by atoms with van der Waals surface area (Å²) >= 11 is 0. The fourth-order valence-corrected chi connectivity index (χ4v) is 3.60. The Bertz CT molecular complexity index is 579. The molecule has 2 heteroatoms. The third kappa shape index (κ3) is 4.66. The molecule has 2 nitrogen and oxygen atoms in total. The molecule has 0 amide bonds. The summed E-state index contributed by atoms with van der Waals surface area (Å²) in [6.45, 7) is 7.88. The topological polar surface area (TPSA) is 15.3 Å². The van der Waals surface area contributed by atoms with Gasteiger partial charge in [-0.25, -0.2) is 0 Å². The normalized spacial score (nSPS) is 22.4. The van der Waals surface area contributed by atoms with E-state index in [4.69, 9.17) is 0 Å². The lowest BCUT2D eigenvalue weighted by molar-refractivity contribution is 0.142. The van der Waals surface area contributed by atoms with Crippen LogP contribution >= 0.6 is 0 Å². The van der Waals surface area contributed by atoms with Crippen LogP contribution in [0.5, 0.6) is 0 Å². The van der Waals surface area contributed by atoms with Gasteiger partial charge in [-0.1, -0.05) is 74.5 Å². The molecule has 1 aliphatic rings. The highest BCUT2D eigenvalue weighted by Gasteiger charge is 2.27. The number of nitrogens with zero attached hydrogens (tertiary/aromatic N) is 1. The van der Waals surface area contributed by atoms with Gasteiger partial charge in [-0.3, -0.25) is 4.90 Å². The van der Waals surface area contributed by atoms with Gasteiger partial charge in [0.2, 0.25) is 0 Å². The number of rotatable bonds is 5. The first-order valence-corrected chi connectivity index (χ1v) is 8.78. The number of benzene rings is 2. The Hall–Kier alpha value is -1.64. The number of hydrogen-bond acceptors (Lipinski definition) is 2. The summed E-state index contributed by atoms with van der Waals surface area (Å²) in [6, 6.07) is 22.7. The molecular formula is C21H28N2. The molecule has 1 aliphatic heterocycles. The molecule has 3 rings (SSSR count). The van der Waals surface area contributed by atoms with Crippen molar-refractivity contribution >= 4 is 0 Å². The van der Waals surface area contributed by atoms with E-state index in [0.717, 1.165) is 25.6 Å². The largest absolute Gasteiger partial charge is 0.305 e. The van der Waals surface area contributed by atoms with Crippen LogP contribution in [-0.2, 0) is 6.54 Å². The van der Waals surface area contributed by atoms with Crippen molar-refractivity contribution in [2.45, 2.75) is 38.9 Å². The summed E-state index contributed by atoms with van der Waals surface area (Å²) < 4.78 is 0. The molecule has 0 aliphatic carbocycles. The van der Waals surface area contributed by atoms with Crippen LogP contribution in [0.4, 0.5) is 0 Å². The molecule has 1 N–H and O–H groups in total. The fraction of sp³-hybridized carbons (Fsp3) is 0.429. The molecule has 0 spiro atoms. The molecule has 2 unspecified atom stereocenters. The minimum absolute atomic E-state index is 0.428. The second-order valence-electron chi connectivity index (χ2n) is 7.14. The van der Waals surface area contributed by atoms with Gasteiger partial charge in [0, 0.05) is 31.7 Å². The molecule has 2 atom stereocenters. The van der Waals surface area contributed by atoms with Crippen molar-refractivity contribution < 1.29 is 0 Å². The van der Waals surface area contributed by atoms with E-state index >= 15 is 0 Å². The maximum atomic E-state index is 3.88. The smallest absolute Gasteiger partial charge is 0.0452 e. The van der Waals surface area contributed by atoms with Crippen molar-refractivity contribution in [3.63, 3.8) is 0 Å². The Morgan fingerprint density at radius 1 is 0.957 bits per heavy atom. The molecule has 0 bridgehead atoms. The first-order chi connectivity index (χ1) is 11.2. The van der Waals surface area contributed by atoms with Crippen LogP contribution in [0.1, 0.15) is 37.4 Å². The molecule has 23 heavy (non-hydrogen) atoms. The van der Waals surface area contributed by atoms with Crippen LogP contribution in [0.25, 0.3) is 0 Å². The molecule has 1 heterocycles. The predicted octanol–water partition coefficient (Wildman–Crippen LogP) is 4.25. The molecule has 2 aromatic rings. The Balaban J connectivity index is 1.73. The minimum Gasteiger partial charge on any atom is -0.305 e. The van der Waals surface area contributed by atoms with E-state index in [1.165, 1.54) is 17.5 Å². The van der Waals surface area contributed by atoms with E-state index in [1.807, 2.05) is 0 Å². The summed E-state index contributed by atoms with van der Waals surface area (Å²) in [5.74, 6) is 0.723. The first kappa shape index (κ1) is 16.2. The van der Waals surface area contributed by atoms with Gasteiger partial charge < -0.3 is 5.32 Å². The van der Waals surface area contributed by atoms with Gasteiger partial charge in [0.25, 0.3) is 0 Å². The molecule has 2 aromatic carbocycles. The Morgan fingerprint density at radius 2 is 1.61 bits per heavy atom. The van der Waals surface area contributed by atoms with Gasteiger partial charge in [-0.05, 0) is 23.5 Å². The summed E-state index contributed by atoms with van der Waals surface area (Å²) in [4.78, 5) is 2.61. The van der Waals surface area contributed by atoms with Crippen LogP contribution < -0.4 is 5.32 Å². The van der Waals surface area contributed by atoms with Crippen LogP contribution in [0, 0.1) is 5.92 Å². The van der Waals surface area contributed by atoms with Crippen molar-refractivity contribution in [3.05, 3.63) is 71.8 Å². The molecule has 1 fully saturated rings. The second kappa shape index (κ2) is 7.76. The fourth-order valence-electron chi connectivity index (χ4n) is 3.60. The lowest BCUT2D eigenvalue weighted by Gasteiger charge is -2.40. The van der Waals surface area contributed by atoms with E-state index in [9.17, 15) is 0 Å². The Labute approximate surface area is 140 Å². The molecule has 0 saturated carbocycles. The van der Waals surface area contributed by atoms with Gasteiger partial charge in [0.05, 0.1) is 0 Å². The Kier molecular flexibility index (Phi) is 5.47.